The minimum Gasteiger partial charge on any atom is -0.451 e. The number of ether oxygens (including phenoxy) is 2. The number of hydrogen-bond donors (Lipinski definition) is 0. The van der Waals surface area contributed by atoms with Crippen molar-refractivity contribution in [2.45, 2.75) is 25.7 Å². The van der Waals surface area contributed by atoms with Crippen LogP contribution in [0.15, 0.2) is 39.4 Å². The third-order valence-electron chi connectivity index (χ3n) is 6.25. The Kier molecular flexibility index (Phi) is 6.32. The van der Waals surface area contributed by atoms with Gasteiger partial charge in [0, 0.05) is 40.8 Å². The minimum atomic E-state index is 0.753. The molecule has 5 nitrogen and oxygen atoms in total. The smallest absolute Gasteiger partial charge is 0.176 e. The van der Waals surface area contributed by atoms with Crippen molar-refractivity contribution in [3.8, 4) is 11.5 Å². The maximum absolute atomic E-state index is 6.13. The van der Waals surface area contributed by atoms with E-state index in [1.165, 1.54) is 38.9 Å². The average molecular weight is 537 g/mol. The molecule has 1 aromatic carbocycles. The molecular formula is C23H27Br2N3O2. The molecule has 2 bridgehead atoms. The van der Waals surface area contributed by atoms with Crippen LogP contribution in [0.5, 0.6) is 11.5 Å². The van der Waals surface area contributed by atoms with Crippen molar-refractivity contribution >= 4 is 43.4 Å². The maximum atomic E-state index is 6.13. The first-order valence-corrected chi connectivity index (χ1v) is 12.4. The fraction of sp³-hybridized carbons (Fsp3) is 0.522. The van der Waals surface area contributed by atoms with Gasteiger partial charge >= 0.3 is 0 Å². The van der Waals surface area contributed by atoms with Crippen molar-refractivity contribution in [3.63, 3.8) is 0 Å². The van der Waals surface area contributed by atoms with Gasteiger partial charge in [0.25, 0.3) is 0 Å². The van der Waals surface area contributed by atoms with Crippen LogP contribution in [0, 0.1) is 11.8 Å². The minimum absolute atomic E-state index is 0.753. The van der Waals surface area contributed by atoms with Gasteiger partial charge in [-0.1, -0.05) is 22.4 Å². The van der Waals surface area contributed by atoms with Crippen LogP contribution in [0.1, 0.15) is 25.7 Å². The van der Waals surface area contributed by atoms with Gasteiger partial charge < -0.3 is 19.3 Å². The molecule has 3 aliphatic rings. The van der Waals surface area contributed by atoms with Crippen LogP contribution in [-0.4, -0.2) is 49.3 Å². The van der Waals surface area contributed by atoms with Crippen molar-refractivity contribution in [2.24, 2.45) is 11.8 Å². The second kappa shape index (κ2) is 9.15. The molecule has 2 atom stereocenters. The Hall–Kier alpha value is -1.15. The van der Waals surface area contributed by atoms with Gasteiger partial charge in [0.1, 0.15) is 0 Å². The summed E-state index contributed by atoms with van der Waals surface area (Å²) in [6.45, 7) is 6.51. The zero-order valence-electron chi connectivity index (χ0n) is 17.0. The zero-order valence-corrected chi connectivity index (χ0v) is 20.2. The summed E-state index contributed by atoms with van der Waals surface area (Å²) in [4.78, 5) is 9.61. The van der Waals surface area contributed by atoms with Crippen molar-refractivity contribution < 1.29 is 9.47 Å². The monoisotopic (exact) mass is 535 g/mol. The number of unbranched alkanes of at least 4 members (excludes halogenated alkanes) is 2. The Labute approximate surface area is 195 Å². The third kappa shape index (κ3) is 4.54. The van der Waals surface area contributed by atoms with E-state index >= 15 is 0 Å². The number of anilines is 2. The normalized spacial score (nSPS) is 22.9. The number of likely N-dealkylation sites (tertiary alicyclic amines) is 1. The maximum Gasteiger partial charge on any atom is 0.176 e. The number of halogens is 2. The molecule has 2 aromatic rings. The standard InChI is InChI=1S/C23H27Br2N3O2/c24-18-4-5-20-21(9-18)30-22-10-19(25)11-26-23(22)28(20)7-3-1-2-6-27-12-16-8-17(13-27)15-29-14-16/h4-5,9-11,16-17H,1-3,6-8,12-15H2. The van der Waals surface area contributed by atoms with E-state index in [1.54, 1.807) is 0 Å². The second-order valence-electron chi connectivity index (χ2n) is 8.67. The summed E-state index contributed by atoms with van der Waals surface area (Å²) >= 11 is 7.07. The molecule has 0 saturated carbocycles. The predicted octanol–water partition coefficient (Wildman–Crippen LogP) is 5.99. The van der Waals surface area contributed by atoms with Gasteiger partial charge in [-0.25, -0.2) is 4.98 Å². The summed E-state index contributed by atoms with van der Waals surface area (Å²) in [7, 11) is 0. The molecule has 2 saturated heterocycles. The van der Waals surface area contributed by atoms with E-state index < -0.39 is 0 Å². The largest absolute Gasteiger partial charge is 0.451 e. The van der Waals surface area contributed by atoms with E-state index in [4.69, 9.17) is 9.47 Å². The van der Waals surface area contributed by atoms with Crippen molar-refractivity contribution in [3.05, 3.63) is 39.4 Å². The van der Waals surface area contributed by atoms with Gasteiger partial charge in [0.05, 0.1) is 18.9 Å². The fourth-order valence-corrected chi connectivity index (χ4v) is 5.63. The molecule has 0 aliphatic carbocycles. The second-order valence-corrected chi connectivity index (χ2v) is 10.5. The Morgan fingerprint density at radius 2 is 1.70 bits per heavy atom. The highest BCUT2D eigenvalue weighted by Gasteiger charge is 2.31. The van der Waals surface area contributed by atoms with Gasteiger partial charge in [-0.05, 0) is 71.8 Å². The van der Waals surface area contributed by atoms with Crippen LogP contribution in [0.2, 0.25) is 0 Å². The fourth-order valence-electron chi connectivity index (χ4n) is 4.98. The highest BCUT2D eigenvalue weighted by Crippen LogP contribution is 2.47. The number of piperidine rings is 1. The highest BCUT2D eigenvalue weighted by atomic mass is 79.9. The lowest BCUT2D eigenvalue weighted by Gasteiger charge is -2.41. The number of benzene rings is 1. The average Bonchev–Trinajstić information content (AvgIpc) is 2.72. The molecule has 2 unspecified atom stereocenters. The molecule has 30 heavy (non-hydrogen) atoms. The van der Waals surface area contributed by atoms with Gasteiger partial charge in [-0.3, -0.25) is 0 Å². The lowest BCUT2D eigenvalue weighted by molar-refractivity contribution is -0.0405. The summed E-state index contributed by atoms with van der Waals surface area (Å²) in [5, 5.41) is 0. The summed E-state index contributed by atoms with van der Waals surface area (Å²) < 4.78 is 13.8. The molecule has 1 aromatic heterocycles. The van der Waals surface area contributed by atoms with Crippen molar-refractivity contribution in [1.29, 1.82) is 0 Å². The van der Waals surface area contributed by atoms with Crippen molar-refractivity contribution in [1.82, 2.24) is 9.88 Å². The Balaban J connectivity index is 1.19. The summed E-state index contributed by atoms with van der Waals surface area (Å²) in [6.07, 6.45) is 6.81. The molecule has 0 N–H and O–H groups in total. The summed E-state index contributed by atoms with van der Waals surface area (Å²) in [5.41, 5.74) is 1.09. The molecule has 0 radical (unpaired) electrons. The van der Waals surface area contributed by atoms with E-state index in [2.05, 4.69) is 58.8 Å². The highest BCUT2D eigenvalue weighted by molar-refractivity contribution is 9.10. The SMILES string of the molecule is Brc1ccc2c(c1)Oc1cc(Br)cnc1N2CCCCCN1CC2COCC(C2)C1. The van der Waals surface area contributed by atoms with E-state index in [-0.39, 0.29) is 0 Å². The molecule has 160 valence electrons. The number of pyridine rings is 1. The Bertz CT molecular complexity index is 847. The first kappa shape index (κ1) is 20.7. The topological polar surface area (TPSA) is 37.8 Å². The van der Waals surface area contributed by atoms with E-state index in [1.807, 2.05) is 18.3 Å². The molecule has 0 spiro atoms. The molecule has 4 heterocycles. The van der Waals surface area contributed by atoms with Crippen molar-refractivity contribution in [2.75, 3.05) is 44.3 Å². The predicted molar refractivity (Wildman–Crippen MR) is 126 cm³/mol. The quantitative estimate of drug-likeness (QED) is 0.424. The number of aromatic nitrogens is 1. The van der Waals surface area contributed by atoms with Crippen LogP contribution in [0.3, 0.4) is 0 Å². The summed E-state index contributed by atoms with van der Waals surface area (Å²) in [6, 6.07) is 8.20. The van der Waals surface area contributed by atoms with Gasteiger partial charge in [-0.15, -0.1) is 0 Å². The number of fused-ring (bicyclic) bond motifs is 4. The number of nitrogens with zero attached hydrogens (tertiary/aromatic N) is 3. The van der Waals surface area contributed by atoms with Crippen LogP contribution in [-0.2, 0) is 4.74 Å². The lowest BCUT2D eigenvalue weighted by atomic mass is 9.88. The first-order valence-electron chi connectivity index (χ1n) is 10.9. The van der Waals surface area contributed by atoms with E-state index in [9.17, 15) is 0 Å². The van der Waals surface area contributed by atoms with Crippen LogP contribution < -0.4 is 9.64 Å². The van der Waals surface area contributed by atoms with Crippen LogP contribution in [0.4, 0.5) is 11.5 Å². The van der Waals surface area contributed by atoms with Gasteiger partial charge in [0.2, 0.25) is 0 Å². The van der Waals surface area contributed by atoms with Crippen LogP contribution >= 0.6 is 31.9 Å². The molecular weight excluding hydrogens is 510 g/mol. The first-order chi connectivity index (χ1) is 14.7. The lowest BCUT2D eigenvalue weighted by Crippen LogP contribution is -2.46. The number of hydrogen-bond acceptors (Lipinski definition) is 5. The van der Waals surface area contributed by atoms with E-state index in [0.717, 1.165) is 70.0 Å². The Morgan fingerprint density at radius 3 is 2.53 bits per heavy atom. The number of rotatable bonds is 6. The zero-order chi connectivity index (χ0) is 20.5. The molecule has 3 aliphatic heterocycles. The summed E-state index contributed by atoms with van der Waals surface area (Å²) in [5.74, 6) is 4.08. The van der Waals surface area contributed by atoms with Gasteiger partial charge in [-0.2, -0.15) is 0 Å². The van der Waals surface area contributed by atoms with E-state index in [0.29, 0.717) is 0 Å². The van der Waals surface area contributed by atoms with Crippen LogP contribution in [0.25, 0.3) is 0 Å². The molecule has 2 fully saturated rings. The molecule has 0 amide bonds. The third-order valence-corrected chi connectivity index (χ3v) is 7.18. The van der Waals surface area contributed by atoms with Gasteiger partial charge in [0.15, 0.2) is 17.3 Å². The molecule has 7 heteroatoms. The Morgan fingerprint density at radius 1 is 0.933 bits per heavy atom. The molecule has 5 rings (SSSR count).